The van der Waals surface area contributed by atoms with E-state index in [9.17, 15) is 13.4 Å². The van der Waals surface area contributed by atoms with Crippen LogP contribution in [0, 0.1) is 0 Å². The number of aromatic nitrogens is 1. The molecule has 0 saturated carbocycles. The van der Waals surface area contributed by atoms with Crippen LogP contribution in [0.2, 0.25) is 0 Å². The van der Waals surface area contributed by atoms with Crippen LogP contribution in [-0.4, -0.2) is 25.5 Å². The molecule has 0 spiro atoms. The minimum atomic E-state index is -3.65. The molecule has 4 rings (SSSR count). The van der Waals surface area contributed by atoms with E-state index in [0.717, 1.165) is 5.56 Å². The Bertz CT molecular complexity index is 1080. The molecule has 0 saturated heterocycles. The summed E-state index contributed by atoms with van der Waals surface area (Å²) in [6, 6.07) is 9.89. The fourth-order valence-electron chi connectivity index (χ4n) is 3.20. The van der Waals surface area contributed by atoms with Crippen LogP contribution in [-0.2, 0) is 33.3 Å². The minimum Gasteiger partial charge on any atom is -0.449 e. The minimum absolute atomic E-state index is 0.187. The molecule has 0 unspecified atom stereocenters. The SMILES string of the molecule is Nc1ccc(S(=O)(=O)Cc2ccc3c(c2)B(O)OC3)c(Cc2ncco2)c1. The molecule has 138 valence electrons. The quantitative estimate of drug-likeness (QED) is 0.499. The van der Waals surface area contributed by atoms with E-state index in [2.05, 4.69) is 4.98 Å². The van der Waals surface area contributed by atoms with Gasteiger partial charge in [0.2, 0.25) is 0 Å². The number of anilines is 1. The van der Waals surface area contributed by atoms with Crippen molar-refractivity contribution in [2.75, 3.05) is 5.73 Å². The number of nitrogens with two attached hydrogens (primary N) is 1. The molecule has 3 N–H and O–H groups in total. The highest BCUT2D eigenvalue weighted by molar-refractivity contribution is 7.90. The summed E-state index contributed by atoms with van der Waals surface area (Å²) in [5, 5.41) is 9.84. The molecular weight excluding hydrogens is 367 g/mol. The largest absolute Gasteiger partial charge is 0.491 e. The summed E-state index contributed by atoms with van der Waals surface area (Å²) < 4.78 is 36.5. The van der Waals surface area contributed by atoms with Crippen LogP contribution < -0.4 is 11.2 Å². The van der Waals surface area contributed by atoms with Gasteiger partial charge in [-0.05, 0) is 40.4 Å². The summed E-state index contributed by atoms with van der Waals surface area (Å²) in [7, 11) is -4.66. The fourth-order valence-corrected chi connectivity index (χ4v) is 4.78. The maximum Gasteiger partial charge on any atom is 0.491 e. The molecule has 3 aromatic rings. The Morgan fingerprint density at radius 2 is 2.07 bits per heavy atom. The van der Waals surface area contributed by atoms with E-state index in [1.54, 1.807) is 30.3 Å². The van der Waals surface area contributed by atoms with E-state index in [1.165, 1.54) is 18.5 Å². The molecule has 9 heteroatoms. The van der Waals surface area contributed by atoms with Crippen molar-refractivity contribution in [3.05, 3.63) is 71.4 Å². The van der Waals surface area contributed by atoms with Crippen LogP contribution in [0.3, 0.4) is 0 Å². The number of hydrogen-bond donors (Lipinski definition) is 2. The van der Waals surface area contributed by atoms with Gasteiger partial charge >= 0.3 is 7.12 Å². The van der Waals surface area contributed by atoms with E-state index < -0.39 is 17.0 Å². The Labute approximate surface area is 156 Å². The van der Waals surface area contributed by atoms with Gasteiger partial charge in [-0.3, -0.25) is 0 Å². The molecule has 27 heavy (non-hydrogen) atoms. The van der Waals surface area contributed by atoms with Crippen LogP contribution in [0.1, 0.15) is 22.6 Å². The first kappa shape index (κ1) is 17.8. The fraction of sp³-hybridized carbons (Fsp3) is 0.167. The summed E-state index contributed by atoms with van der Waals surface area (Å²) >= 11 is 0. The zero-order valence-electron chi connectivity index (χ0n) is 14.3. The number of nitrogen functional groups attached to an aromatic ring is 1. The van der Waals surface area contributed by atoms with Gasteiger partial charge in [0.15, 0.2) is 15.7 Å². The van der Waals surface area contributed by atoms with Crippen molar-refractivity contribution in [2.45, 2.75) is 23.7 Å². The van der Waals surface area contributed by atoms with E-state index in [1.807, 2.05) is 0 Å². The van der Waals surface area contributed by atoms with Crippen molar-refractivity contribution in [1.29, 1.82) is 0 Å². The normalized spacial score (nSPS) is 13.7. The second-order valence-corrected chi connectivity index (χ2v) is 8.38. The van der Waals surface area contributed by atoms with Gasteiger partial charge in [0.05, 0.1) is 29.9 Å². The second-order valence-electron chi connectivity index (χ2n) is 6.43. The lowest BCUT2D eigenvalue weighted by atomic mass is 9.79. The number of hydrogen-bond acceptors (Lipinski definition) is 7. The molecule has 0 atom stereocenters. The number of fused-ring (bicyclic) bond motifs is 1. The molecule has 0 radical (unpaired) electrons. The van der Waals surface area contributed by atoms with Gasteiger partial charge < -0.3 is 19.8 Å². The standard InChI is InChI=1S/C18H17BN2O5S/c20-15-3-4-17(14(8-15)9-18-21-5-6-25-18)27(23,24)11-12-1-2-13-10-26-19(22)16(13)7-12/h1-8,22H,9-11,20H2. The first-order valence-electron chi connectivity index (χ1n) is 8.33. The Morgan fingerprint density at radius 3 is 2.85 bits per heavy atom. The molecule has 1 aliphatic heterocycles. The van der Waals surface area contributed by atoms with Crippen LogP contribution >= 0.6 is 0 Å². The van der Waals surface area contributed by atoms with E-state index in [-0.39, 0.29) is 17.1 Å². The van der Waals surface area contributed by atoms with E-state index >= 15 is 0 Å². The first-order valence-corrected chi connectivity index (χ1v) is 9.98. The molecule has 0 amide bonds. The van der Waals surface area contributed by atoms with Gasteiger partial charge in [-0.25, -0.2) is 13.4 Å². The van der Waals surface area contributed by atoms with Crippen molar-refractivity contribution in [3.8, 4) is 0 Å². The van der Waals surface area contributed by atoms with E-state index in [4.69, 9.17) is 14.8 Å². The summed E-state index contributed by atoms with van der Waals surface area (Å²) in [4.78, 5) is 4.24. The summed E-state index contributed by atoms with van der Waals surface area (Å²) in [6.07, 6.45) is 3.17. The highest BCUT2D eigenvalue weighted by atomic mass is 32.2. The lowest BCUT2D eigenvalue weighted by molar-refractivity contribution is 0.275. The maximum absolute atomic E-state index is 13.1. The number of oxazole rings is 1. The number of benzene rings is 2. The van der Waals surface area contributed by atoms with Crippen molar-refractivity contribution < 1.29 is 22.5 Å². The summed E-state index contributed by atoms with van der Waals surface area (Å²) in [5.41, 5.74) is 8.89. The van der Waals surface area contributed by atoms with Crippen LogP contribution in [0.5, 0.6) is 0 Å². The molecule has 2 aromatic carbocycles. The molecule has 2 heterocycles. The van der Waals surface area contributed by atoms with Gasteiger partial charge in [-0.2, -0.15) is 0 Å². The van der Waals surface area contributed by atoms with Crippen molar-refractivity contribution in [3.63, 3.8) is 0 Å². The van der Waals surface area contributed by atoms with Crippen molar-refractivity contribution in [1.82, 2.24) is 4.98 Å². The third kappa shape index (κ3) is 3.62. The van der Waals surface area contributed by atoms with E-state index in [0.29, 0.717) is 34.8 Å². The Morgan fingerprint density at radius 1 is 1.22 bits per heavy atom. The Kier molecular flexibility index (Phi) is 4.51. The molecule has 1 aromatic heterocycles. The van der Waals surface area contributed by atoms with Gasteiger partial charge in [0.1, 0.15) is 6.26 Å². The van der Waals surface area contributed by atoms with Gasteiger partial charge in [-0.15, -0.1) is 0 Å². The first-order chi connectivity index (χ1) is 12.9. The third-order valence-electron chi connectivity index (χ3n) is 4.47. The number of rotatable bonds is 5. The predicted octanol–water partition coefficient (Wildman–Crippen LogP) is 1.04. The van der Waals surface area contributed by atoms with Crippen LogP contribution in [0.15, 0.2) is 58.2 Å². The highest BCUT2D eigenvalue weighted by Crippen LogP contribution is 2.25. The zero-order valence-corrected chi connectivity index (χ0v) is 15.1. The van der Waals surface area contributed by atoms with Gasteiger partial charge in [-0.1, -0.05) is 18.2 Å². The smallest absolute Gasteiger partial charge is 0.449 e. The highest BCUT2D eigenvalue weighted by Gasteiger charge is 2.28. The zero-order chi connectivity index (χ0) is 19.0. The van der Waals surface area contributed by atoms with Crippen LogP contribution in [0.25, 0.3) is 0 Å². The monoisotopic (exact) mass is 384 g/mol. The second kappa shape index (κ2) is 6.84. The molecule has 7 nitrogen and oxygen atoms in total. The van der Waals surface area contributed by atoms with Crippen LogP contribution in [0.4, 0.5) is 5.69 Å². The van der Waals surface area contributed by atoms with Crippen molar-refractivity contribution in [2.24, 2.45) is 0 Å². The number of nitrogens with zero attached hydrogens (tertiary/aromatic N) is 1. The predicted molar refractivity (Wildman–Crippen MR) is 99.9 cm³/mol. The third-order valence-corrected chi connectivity index (χ3v) is 6.26. The molecule has 0 bridgehead atoms. The maximum atomic E-state index is 13.1. The lowest BCUT2D eigenvalue weighted by Crippen LogP contribution is -2.28. The average Bonchev–Trinajstić information content (AvgIpc) is 3.25. The molecule has 0 fully saturated rings. The van der Waals surface area contributed by atoms with Crippen molar-refractivity contribution >= 4 is 28.1 Å². The molecular formula is C18H17BN2O5S. The molecule has 1 aliphatic rings. The summed E-state index contributed by atoms with van der Waals surface area (Å²) in [5.74, 6) is 0.213. The summed E-state index contributed by atoms with van der Waals surface area (Å²) in [6.45, 7) is 0.321. The Balaban J connectivity index is 1.67. The Hall–Kier alpha value is -2.62. The van der Waals surface area contributed by atoms with Gasteiger partial charge in [0, 0.05) is 5.69 Å². The topological polar surface area (TPSA) is 116 Å². The lowest BCUT2D eigenvalue weighted by Gasteiger charge is -2.11. The average molecular weight is 384 g/mol. The number of sulfone groups is 1. The van der Waals surface area contributed by atoms with Gasteiger partial charge in [0.25, 0.3) is 0 Å². The molecule has 0 aliphatic carbocycles.